The third-order valence-electron chi connectivity index (χ3n) is 6.70. The van der Waals surface area contributed by atoms with E-state index in [4.69, 9.17) is 5.73 Å². The van der Waals surface area contributed by atoms with E-state index in [1.165, 1.54) is 6.92 Å². The average molecular weight is 595 g/mol. The molecule has 1 aliphatic rings. The van der Waals surface area contributed by atoms with Gasteiger partial charge in [0.2, 0.25) is 5.82 Å². The molecule has 0 bridgehead atoms. The second kappa shape index (κ2) is 14.8. The zero-order valence-corrected chi connectivity index (χ0v) is 25.4. The van der Waals surface area contributed by atoms with Crippen molar-refractivity contribution in [2.75, 3.05) is 6.54 Å². The van der Waals surface area contributed by atoms with Crippen molar-refractivity contribution in [3.63, 3.8) is 0 Å². The Hall–Kier alpha value is -3.27. The van der Waals surface area contributed by atoms with Gasteiger partial charge in [-0.15, -0.1) is 0 Å². The second-order valence-corrected chi connectivity index (χ2v) is 11.5. The van der Waals surface area contributed by atoms with Crippen LogP contribution in [0.3, 0.4) is 0 Å². The van der Waals surface area contributed by atoms with Gasteiger partial charge < -0.3 is 15.6 Å². The van der Waals surface area contributed by atoms with Crippen LogP contribution in [0.2, 0.25) is 0 Å². The summed E-state index contributed by atoms with van der Waals surface area (Å²) in [6, 6.07) is 1.84. The number of nitrogens with two attached hydrogens (primary N) is 1. The number of halogens is 5. The maximum Gasteiger partial charge on any atom is 0.449 e. The van der Waals surface area contributed by atoms with Crippen LogP contribution in [0.15, 0.2) is 42.1 Å². The molecule has 232 valence electrons. The highest BCUT2D eigenvalue weighted by Gasteiger charge is 2.39. The number of hydrogen-bond donors (Lipinski definition) is 2. The summed E-state index contributed by atoms with van der Waals surface area (Å²) in [6.45, 7) is 15.5. The summed E-state index contributed by atoms with van der Waals surface area (Å²) in [5.74, 6) is -2.14. The van der Waals surface area contributed by atoms with Gasteiger partial charge in [-0.1, -0.05) is 53.3 Å². The largest absolute Gasteiger partial charge is 0.449 e. The van der Waals surface area contributed by atoms with Crippen molar-refractivity contribution in [2.45, 2.75) is 92.4 Å². The van der Waals surface area contributed by atoms with Gasteiger partial charge in [-0.3, -0.25) is 4.79 Å². The van der Waals surface area contributed by atoms with Gasteiger partial charge in [0.1, 0.15) is 17.9 Å². The number of carbonyl (C=O) groups is 1. The number of alkyl halides is 3. The van der Waals surface area contributed by atoms with Crippen molar-refractivity contribution < 1.29 is 26.7 Å². The van der Waals surface area contributed by atoms with Gasteiger partial charge >= 0.3 is 6.18 Å². The van der Waals surface area contributed by atoms with Crippen molar-refractivity contribution in [1.29, 1.82) is 0 Å². The van der Waals surface area contributed by atoms with Crippen LogP contribution in [0, 0.1) is 24.0 Å². The van der Waals surface area contributed by atoms with Gasteiger partial charge in [0.25, 0.3) is 0 Å². The molecular weight excluding hydrogens is 551 g/mol. The number of allylic oxidation sites excluding steroid dienone is 5. The van der Waals surface area contributed by atoms with Crippen LogP contribution in [0.1, 0.15) is 82.2 Å². The number of rotatable bonds is 12. The molecule has 10 heteroatoms. The van der Waals surface area contributed by atoms with E-state index in [1.54, 1.807) is 12.2 Å². The smallest absolute Gasteiger partial charge is 0.386 e. The molecule has 2 aromatic rings. The SMILES string of the molecule is C=C(CC(C)(C)C)NC(CCc1c(C2=CC=C(C=O)C2)nc(C(F)(F)F)n1CCN)Cc1cc(F)c(C)cc1F.CC. The summed E-state index contributed by atoms with van der Waals surface area (Å²) in [7, 11) is 0. The highest BCUT2D eigenvalue weighted by molar-refractivity contribution is 5.85. The summed E-state index contributed by atoms with van der Waals surface area (Å²) in [4.78, 5) is 15.2. The monoisotopic (exact) mass is 594 g/mol. The fourth-order valence-electron chi connectivity index (χ4n) is 5.00. The Bertz CT molecular complexity index is 1320. The number of imidazole rings is 1. The fourth-order valence-corrected chi connectivity index (χ4v) is 5.00. The Kier molecular flexibility index (Phi) is 12.3. The van der Waals surface area contributed by atoms with Crippen LogP contribution in [-0.4, -0.2) is 28.4 Å². The summed E-state index contributed by atoms with van der Waals surface area (Å²) >= 11 is 0. The lowest BCUT2D eigenvalue weighted by Gasteiger charge is -2.26. The van der Waals surface area contributed by atoms with E-state index in [1.807, 2.05) is 34.6 Å². The maximum absolute atomic E-state index is 14.8. The Morgan fingerprint density at radius 1 is 1.17 bits per heavy atom. The molecule has 1 unspecified atom stereocenters. The number of aldehydes is 1. The third kappa shape index (κ3) is 9.37. The topological polar surface area (TPSA) is 72.9 Å². The lowest BCUT2D eigenvalue weighted by Crippen LogP contribution is -2.33. The highest BCUT2D eigenvalue weighted by Crippen LogP contribution is 2.36. The number of nitrogens with one attached hydrogen (secondary N) is 1. The highest BCUT2D eigenvalue weighted by atomic mass is 19.4. The van der Waals surface area contributed by atoms with Crippen molar-refractivity contribution in [1.82, 2.24) is 14.9 Å². The molecule has 3 rings (SSSR count). The number of hydrogen-bond acceptors (Lipinski definition) is 4. The molecule has 0 amide bonds. The van der Waals surface area contributed by atoms with Crippen LogP contribution in [-0.2, 0) is 30.4 Å². The Morgan fingerprint density at radius 3 is 2.38 bits per heavy atom. The van der Waals surface area contributed by atoms with E-state index < -0.39 is 29.7 Å². The molecule has 0 aliphatic heterocycles. The standard InChI is InChI=1S/C30H37F5N4O.C2H6/c1-18-12-25(32)22(15-24(18)31)14-23(37-19(2)16-29(3,4)5)8-9-26-27(21-7-6-20(13-21)17-40)38-28(30(33,34)35)39(26)11-10-36;1-2/h6-7,12,15,17,23,37H,2,8-11,13-14,16,36H2,1,3-5H3;1-2H3. The van der Waals surface area contributed by atoms with Gasteiger partial charge in [-0.05, 0) is 72.4 Å². The Morgan fingerprint density at radius 2 is 1.83 bits per heavy atom. The summed E-state index contributed by atoms with van der Waals surface area (Å²) < 4.78 is 72.2. The van der Waals surface area contributed by atoms with Crippen molar-refractivity contribution in [2.24, 2.45) is 11.1 Å². The van der Waals surface area contributed by atoms with Gasteiger partial charge in [-0.2, -0.15) is 13.2 Å². The van der Waals surface area contributed by atoms with Crippen LogP contribution in [0.5, 0.6) is 0 Å². The third-order valence-corrected chi connectivity index (χ3v) is 6.70. The average Bonchev–Trinajstić information content (AvgIpc) is 3.50. The molecule has 1 aliphatic carbocycles. The minimum absolute atomic E-state index is 0.0410. The van der Waals surface area contributed by atoms with Crippen molar-refractivity contribution >= 4 is 11.9 Å². The zero-order valence-electron chi connectivity index (χ0n) is 25.4. The minimum Gasteiger partial charge on any atom is -0.386 e. The molecule has 1 aromatic heterocycles. The summed E-state index contributed by atoms with van der Waals surface area (Å²) in [5, 5.41) is 3.32. The molecule has 0 spiro atoms. The first kappa shape index (κ1) is 34.9. The molecule has 1 heterocycles. The predicted molar refractivity (Wildman–Crippen MR) is 158 cm³/mol. The van der Waals surface area contributed by atoms with E-state index in [9.17, 15) is 26.7 Å². The van der Waals surface area contributed by atoms with E-state index in [-0.39, 0.29) is 61.0 Å². The number of aryl methyl sites for hydroxylation is 1. The van der Waals surface area contributed by atoms with Crippen LogP contribution in [0.4, 0.5) is 22.0 Å². The van der Waals surface area contributed by atoms with Crippen molar-refractivity contribution in [3.05, 3.63) is 82.1 Å². The summed E-state index contributed by atoms with van der Waals surface area (Å²) in [6.07, 6.45) is 0.414. The van der Waals surface area contributed by atoms with Gasteiger partial charge in [0.05, 0.1) is 5.69 Å². The molecule has 0 radical (unpaired) electrons. The lowest BCUT2D eigenvalue weighted by atomic mass is 9.90. The number of nitrogens with zero attached hydrogens (tertiary/aromatic N) is 2. The van der Waals surface area contributed by atoms with Crippen LogP contribution < -0.4 is 11.1 Å². The fraction of sp³-hybridized carbons (Fsp3) is 0.500. The zero-order chi connectivity index (χ0) is 31.8. The first-order chi connectivity index (χ1) is 19.6. The molecule has 42 heavy (non-hydrogen) atoms. The quantitative estimate of drug-likeness (QED) is 0.198. The first-order valence-corrected chi connectivity index (χ1v) is 14.2. The molecular formula is C32H43F5N4O. The molecule has 0 fully saturated rings. The van der Waals surface area contributed by atoms with E-state index in [0.717, 1.165) is 16.7 Å². The number of benzene rings is 1. The molecule has 1 atom stereocenters. The molecule has 5 nitrogen and oxygen atoms in total. The van der Waals surface area contributed by atoms with Crippen molar-refractivity contribution in [3.8, 4) is 0 Å². The number of aromatic nitrogens is 2. The van der Waals surface area contributed by atoms with E-state index in [0.29, 0.717) is 35.2 Å². The van der Waals surface area contributed by atoms with Gasteiger partial charge in [0, 0.05) is 36.9 Å². The van der Waals surface area contributed by atoms with Gasteiger partial charge in [-0.25, -0.2) is 13.8 Å². The molecule has 3 N–H and O–H groups in total. The number of carbonyl (C=O) groups excluding carboxylic acids is 1. The normalized spacial score (nSPS) is 14.1. The predicted octanol–water partition coefficient (Wildman–Crippen LogP) is 7.47. The molecule has 0 saturated heterocycles. The lowest BCUT2D eigenvalue weighted by molar-refractivity contribution is -0.147. The Balaban J connectivity index is 0.00000301. The first-order valence-electron chi connectivity index (χ1n) is 14.2. The molecule has 1 aromatic carbocycles. The minimum atomic E-state index is -4.72. The summed E-state index contributed by atoms with van der Waals surface area (Å²) in [5.41, 5.74) is 8.06. The van der Waals surface area contributed by atoms with Gasteiger partial charge in [0.15, 0.2) is 0 Å². The van der Waals surface area contributed by atoms with Crippen LogP contribution in [0.25, 0.3) is 5.57 Å². The maximum atomic E-state index is 14.8. The molecule has 0 saturated carbocycles. The van der Waals surface area contributed by atoms with E-state index in [2.05, 4.69) is 16.9 Å². The van der Waals surface area contributed by atoms with Crippen LogP contribution >= 0.6 is 0 Å². The van der Waals surface area contributed by atoms with E-state index >= 15 is 0 Å². The second-order valence-electron chi connectivity index (χ2n) is 11.5. The Labute approximate surface area is 245 Å².